The lowest BCUT2D eigenvalue weighted by molar-refractivity contribution is 0.123. The number of pyridine rings is 1. The van der Waals surface area contributed by atoms with Gasteiger partial charge in [0.25, 0.3) is 0 Å². The van der Waals surface area contributed by atoms with E-state index in [2.05, 4.69) is 36.9 Å². The molecule has 0 saturated carbocycles. The molecule has 4 rings (SSSR count). The monoisotopic (exact) mass is 338 g/mol. The van der Waals surface area contributed by atoms with Crippen molar-refractivity contribution < 1.29 is 4.74 Å². The van der Waals surface area contributed by atoms with E-state index in [0.29, 0.717) is 12.5 Å². The Bertz CT molecular complexity index is 840. The van der Waals surface area contributed by atoms with Gasteiger partial charge in [0.1, 0.15) is 6.61 Å². The molecule has 0 fully saturated rings. The number of nitrogens with zero attached hydrogens (tertiary/aromatic N) is 6. The van der Waals surface area contributed by atoms with E-state index in [-0.39, 0.29) is 6.04 Å². The SMILES string of the molecule is Cc1cc(CN2Cc3ccnn3[C@@H](COc3ccccn3)C2)n(C)n1. The Morgan fingerprint density at radius 1 is 1.24 bits per heavy atom. The van der Waals surface area contributed by atoms with Crippen LogP contribution in [-0.4, -0.2) is 42.6 Å². The van der Waals surface area contributed by atoms with Crippen molar-refractivity contribution in [1.82, 2.24) is 29.4 Å². The third-order valence-corrected chi connectivity index (χ3v) is 4.50. The molecule has 3 aromatic rings. The number of aryl methyl sites for hydroxylation is 2. The number of rotatable bonds is 5. The molecule has 0 aliphatic carbocycles. The summed E-state index contributed by atoms with van der Waals surface area (Å²) in [4.78, 5) is 6.65. The fourth-order valence-corrected chi connectivity index (χ4v) is 3.36. The first-order valence-corrected chi connectivity index (χ1v) is 8.47. The van der Waals surface area contributed by atoms with Crippen molar-refractivity contribution >= 4 is 0 Å². The van der Waals surface area contributed by atoms with Gasteiger partial charge in [-0.15, -0.1) is 0 Å². The van der Waals surface area contributed by atoms with Gasteiger partial charge in [0, 0.05) is 45.1 Å². The van der Waals surface area contributed by atoms with Gasteiger partial charge in [-0.1, -0.05) is 6.07 Å². The predicted molar refractivity (Wildman–Crippen MR) is 93.1 cm³/mol. The average Bonchev–Trinajstić information content (AvgIpc) is 3.20. The Hall–Kier alpha value is -2.67. The van der Waals surface area contributed by atoms with E-state index in [4.69, 9.17) is 4.74 Å². The standard InChI is InChI=1S/C18H22N6O/c1-14-9-16(22(2)21-14)11-23-10-15-6-8-20-24(15)17(12-23)13-25-18-5-3-4-7-19-18/h3-9,17H,10-13H2,1-2H3/t17-/m1/s1. The van der Waals surface area contributed by atoms with Gasteiger partial charge < -0.3 is 4.74 Å². The lowest BCUT2D eigenvalue weighted by Crippen LogP contribution is -2.40. The molecule has 0 amide bonds. The van der Waals surface area contributed by atoms with Crippen molar-refractivity contribution in [2.24, 2.45) is 7.05 Å². The first-order chi connectivity index (χ1) is 12.2. The second-order valence-electron chi connectivity index (χ2n) is 6.47. The lowest BCUT2D eigenvalue weighted by atomic mass is 10.2. The smallest absolute Gasteiger partial charge is 0.213 e. The van der Waals surface area contributed by atoms with Crippen LogP contribution in [0, 0.1) is 6.92 Å². The van der Waals surface area contributed by atoms with Gasteiger partial charge in [0.05, 0.1) is 23.1 Å². The Morgan fingerprint density at radius 3 is 2.92 bits per heavy atom. The minimum absolute atomic E-state index is 0.162. The number of fused-ring (bicyclic) bond motifs is 1. The second-order valence-corrected chi connectivity index (χ2v) is 6.47. The van der Waals surface area contributed by atoms with Crippen molar-refractivity contribution in [3.63, 3.8) is 0 Å². The van der Waals surface area contributed by atoms with E-state index < -0.39 is 0 Å². The summed E-state index contributed by atoms with van der Waals surface area (Å²) in [6.07, 6.45) is 3.60. The number of ether oxygens (including phenoxy) is 1. The molecule has 0 bridgehead atoms. The summed E-state index contributed by atoms with van der Waals surface area (Å²) in [5, 5.41) is 8.93. The molecule has 1 atom stereocenters. The quantitative estimate of drug-likeness (QED) is 0.712. The molecule has 0 N–H and O–H groups in total. The van der Waals surface area contributed by atoms with Gasteiger partial charge in [0.2, 0.25) is 5.88 Å². The summed E-state index contributed by atoms with van der Waals surface area (Å²) in [6, 6.07) is 10.1. The Labute approximate surface area is 146 Å². The van der Waals surface area contributed by atoms with Crippen LogP contribution in [0.1, 0.15) is 23.1 Å². The Balaban J connectivity index is 1.48. The summed E-state index contributed by atoms with van der Waals surface area (Å²) in [7, 11) is 2.00. The van der Waals surface area contributed by atoms with Crippen LogP contribution in [0.25, 0.3) is 0 Å². The first kappa shape index (κ1) is 15.8. The molecule has 0 spiro atoms. The van der Waals surface area contributed by atoms with E-state index in [1.807, 2.05) is 43.0 Å². The summed E-state index contributed by atoms with van der Waals surface area (Å²) in [6.45, 7) is 5.20. The molecule has 25 heavy (non-hydrogen) atoms. The largest absolute Gasteiger partial charge is 0.475 e. The zero-order chi connectivity index (χ0) is 17.2. The maximum Gasteiger partial charge on any atom is 0.213 e. The molecule has 7 nitrogen and oxygen atoms in total. The van der Waals surface area contributed by atoms with Crippen molar-refractivity contribution in [2.75, 3.05) is 13.2 Å². The number of aromatic nitrogens is 5. The van der Waals surface area contributed by atoms with Gasteiger partial charge >= 0.3 is 0 Å². The van der Waals surface area contributed by atoms with Gasteiger partial charge in [-0.05, 0) is 25.1 Å². The van der Waals surface area contributed by atoms with Gasteiger partial charge in [-0.25, -0.2) is 4.98 Å². The van der Waals surface area contributed by atoms with Crippen molar-refractivity contribution in [1.29, 1.82) is 0 Å². The van der Waals surface area contributed by atoms with Crippen molar-refractivity contribution in [3.05, 3.63) is 59.8 Å². The van der Waals surface area contributed by atoms with E-state index in [1.165, 1.54) is 11.4 Å². The Kier molecular flexibility index (Phi) is 4.23. The molecular weight excluding hydrogens is 316 g/mol. The lowest BCUT2D eigenvalue weighted by Gasteiger charge is -2.33. The van der Waals surface area contributed by atoms with E-state index >= 15 is 0 Å². The van der Waals surface area contributed by atoms with Crippen LogP contribution in [0.4, 0.5) is 0 Å². The highest BCUT2D eigenvalue weighted by Gasteiger charge is 2.26. The molecule has 0 aromatic carbocycles. The molecule has 130 valence electrons. The predicted octanol–water partition coefficient (Wildman–Crippen LogP) is 1.96. The maximum atomic E-state index is 5.88. The van der Waals surface area contributed by atoms with Gasteiger partial charge in [-0.3, -0.25) is 14.3 Å². The molecule has 1 aliphatic rings. The molecular formula is C18H22N6O. The van der Waals surface area contributed by atoms with Crippen LogP contribution in [0.15, 0.2) is 42.7 Å². The van der Waals surface area contributed by atoms with Crippen molar-refractivity contribution in [3.8, 4) is 5.88 Å². The number of hydrogen-bond acceptors (Lipinski definition) is 5. The van der Waals surface area contributed by atoms with E-state index in [0.717, 1.165) is 25.3 Å². The normalized spacial score (nSPS) is 17.4. The van der Waals surface area contributed by atoms with E-state index in [1.54, 1.807) is 6.20 Å². The van der Waals surface area contributed by atoms with Crippen LogP contribution in [0.2, 0.25) is 0 Å². The first-order valence-electron chi connectivity index (χ1n) is 8.47. The topological polar surface area (TPSA) is 61.0 Å². The molecule has 4 heterocycles. The summed E-state index contributed by atoms with van der Waals surface area (Å²) >= 11 is 0. The highest BCUT2D eigenvalue weighted by molar-refractivity contribution is 5.12. The summed E-state index contributed by atoms with van der Waals surface area (Å²) < 4.78 is 9.92. The molecule has 3 aromatic heterocycles. The maximum absolute atomic E-state index is 5.88. The molecule has 0 saturated heterocycles. The molecule has 1 aliphatic heterocycles. The Morgan fingerprint density at radius 2 is 2.16 bits per heavy atom. The third-order valence-electron chi connectivity index (χ3n) is 4.50. The zero-order valence-corrected chi connectivity index (χ0v) is 14.5. The van der Waals surface area contributed by atoms with E-state index in [9.17, 15) is 0 Å². The summed E-state index contributed by atoms with van der Waals surface area (Å²) in [5.41, 5.74) is 3.48. The fourth-order valence-electron chi connectivity index (χ4n) is 3.36. The minimum atomic E-state index is 0.162. The highest BCUT2D eigenvalue weighted by Crippen LogP contribution is 2.23. The third kappa shape index (κ3) is 3.41. The molecule has 0 unspecified atom stereocenters. The molecule has 0 radical (unpaired) electrons. The highest BCUT2D eigenvalue weighted by atomic mass is 16.5. The van der Waals surface area contributed by atoms with Gasteiger partial charge in [-0.2, -0.15) is 10.2 Å². The van der Waals surface area contributed by atoms with Gasteiger partial charge in [0.15, 0.2) is 0 Å². The van der Waals surface area contributed by atoms with Crippen LogP contribution in [0.5, 0.6) is 5.88 Å². The molecule has 7 heteroatoms. The van der Waals surface area contributed by atoms with Crippen molar-refractivity contribution in [2.45, 2.75) is 26.1 Å². The van der Waals surface area contributed by atoms with Crippen LogP contribution < -0.4 is 4.74 Å². The summed E-state index contributed by atoms with van der Waals surface area (Å²) in [5.74, 6) is 0.649. The second kappa shape index (κ2) is 6.68. The fraction of sp³-hybridized carbons (Fsp3) is 0.389. The van der Waals surface area contributed by atoms with Crippen LogP contribution in [-0.2, 0) is 20.1 Å². The minimum Gasteiger partial charge on any atom is -0.475 e. The van der Waals surface area contributed by atoms with Crippen LogP contribution >= 0.6 is 0 Å². The van der Waals surface area contributed by atoms with Crippen LogP contribution in [0.3, 0.4) is 0 Å². The average molecular weight is 338 g/mol. The number of hydrogen-bond donors (Lipinski definition) is 0. The zero-order valence-electron chi connectivity index (χ0n) is 14.5.